The second kappa shape index (κ2) is 9.62. The summed E-state index contributed by atoms with van der Waals surface area (Å²) < 4.78 is 53.1. The van der Waals surface area contributed by atoms with Gasteiger partial charge in [0.05, 0.1) is 18.2 Å². The zero-order valence-corrected chi connectivity index (χ0v) is 20.6. The monoisotopic (exact) mass is 496 g/mol. The van der Waals surface area contributed by atoms with Crippen molar-refractivity contribution in [2.24, 2.45) is 11.3 Å². The van der Waals surface area contributed by atoms with Crippen LogP contribution in [0.2, 0.25) is 0 Å². The van der Waals surface area contributed by atoms with Crippen LogP contribution in [0.3, 0.4) is 0 Å². The summed E-state index contributed by atoms with van der Waals surface area (Å²) >= 11 is 0. The highest BCUT2D eigenvalue weighted by molar-refractivity contribution is 5.87. The van der Waals surface area contributed by atoms with Gasteiger partial charge in [-0.05, 0) is 68.2 Å². The Morgan fingerprint density at radius 2 is 1.71 bits per heavy atom. The van der Waals surface area contributed by atoms with E-state index in [2.05, 4.69) is 25.8 Å². The summed E-state index contributed by atoms with van der Waals surface area (Å²) in [5.74, 6) is -0.945. The number of aromatic nitrogens is 1. The van der Waals surface area contributed by atoms with Gasteiger partial charge in [0, 0.05) is 17.2 Å². The molecule has 1 aliphatic carbocycles. The fourth-order valence-corrected chi connectivity index (χ4v) is 4.62. The van der Waals surface area contributed by atoms with Crippen LogP contribution < -0.4 is 4.74 Å². The number of rotatable bonds is 6. The molecule has 1 aromatic heterocycles. The van der Waals surface area contributed by atoms with Crippen molar-refractivity contribution in [2.45, 2.75) is 78.1 Å². The van der Waals surface area contributed by atoms with E-state index in [-0.39, 0.29) is 40.5 Å². The highest BCUT2D eigenvalue weighted by Gasteiger charge is 2.51. The average molecular weight is 497 g/mol. The van der Waals surface area contributed by atoms with Gasteiger partial charge in [-0.2, -0.15) is 13.2 Å². The molecule has 0 amide bonds. The Kier molecular flexibility index (Phi) is 7.34. The van der Waals surface area contributed by atoms with Crippen molar-refractivity contribution in [2.75, 3.05) is 6.61 Å². The lowest BCUT2D eigenvalue weighted by Gasteiger charge is -2.37. The van der Waals surface area contributed by atoms with Crippen molar-refractivity contribution in [1.82, 2.24) is 4.98 Å². The molecule has 35 heavy (non-hydrogen) atoms. The highest BCUT2D eigenvalue weighted by atomic mass is 19.4. The predicted octanol–water partition coefficient (Wildman–Crippen LogP) is 6.29. The zero-order valence-electron chi connectivity index (χ0n) is 20.6. The van der Waals surface area contributed by atoms with Gasteiger partial charge in [0.1, 0.15) is 17.0 Å². The lowest BCUT2D eigenvalue weighted by atomic mass is 9.72. The molecule has 0 N–H and O–H groups in total. The van der Waals surface area contributed by atoms with Crippen LogP contribution in [0.25, 0.3) is 10.9 Å². The molecule has 0 radical (unpaired) electrons. The Bertz CT molecular complexity index is 1100. The lowest BCUT2D eigenvalue weighted by Crippen LogP contribution is -2.42. The number of alkyl halides is 3. The molecule has 192 valence electrons. The maximum atomic E-state index is 14.2. The second-order valence-electron chi connectivity index (χ2n) is 10.2. The number of fused-ring (bicyclic) bond motifs is 1. The van der Waals surface area contributed by atoms with Crippen LogP contribution in [0.1, 0.15) is 71.6 Å². The van der Waals surface area contributed by atoms with Crippen molar-refractivity contribution in [3.63, 3.8) is 0 Å². The maximum Gasteiger partial charge on any atom is 0.420 e. The number of carbonyl (C=O) groups is 1. The first-order valence-electron chi connectivity index (χ1n) is 11.7. The molecular formula is C25H31F3N2O5. The van der Waals surface area contributed by atoms with Crippen LogP contribution in [-0.4, -0.2) is 28.6 Å². The highest BCUT2D eigenvalue weighted by Crippen LogP contribution is 2.44. The fraction of sp³-hybridized carbons (Fsp3) is 0.600. The molecule has 0 saturated heterocycles. The third-order valence-corrected chi connectivity index (χ3v) is 6.85. The molecule has 1 fully saturated rings. The largest absolute Gasteiger partial charge is 0.490 e. The van der Waals surface area contributed by atoms with E-state index in [9.17, 15) is 28.1 Å². The first-order valence-corrected chi connectivity index (χ1v) is 11.7. The summed E-state index contributed by atoms with van der Waals surface area (Å²) in [5, 5.41) is 11.5. The normalized spacial score (nSPS) is 20.8. The van der Waals surface area contributed by atoms with Crippen LogP contribution in [0.4, 0.5) is 13.2 Å². The Morgan fingerprint density at radius 1 is 1.09 bits per heavy atom. The van der Waals surface area contributed by atoms with E-state index in [1.54, 1.807) is 0 Å². The summed E-state index contributed by atoms with van der Waals surface area (Å²) in [6, 6.07) is 4.70. The van der Waals surface area contributed by atoms with Gasteiger partial charge in [0.25, 0.3) is 0 Å². The molecule has 1 atom stereocenters. The summed E-state index contributed by atoms with van der Waals surface area (Å²) in [6.45, 7) is 8.92. The number of carbonyl (C=O) groups excluding carboxylic acids is 1. The Morgan fingerprint density at radius 3 is 2.23 bits per heavy atom. The molecule has 1 saturated carbocycles. The first-order chi connectivity index (χ1) is 16.2. The van der Waals surface area contributed by atoms with E-state index >= 15 is 0 Å². The number of nitrogens with zero attached hydrogens (tertiary/aromatic N) is 2. The van der Waals surface area contributed by atoms with E-state index < -0.39 is 28.2 Å². The quantitative estimate of drug-likeness (QED) is 0.265. The molecule has 1 heterocycles. The molecule has 7 nitrogen and oxygen atoms in total. The minimum absolute atomic E-state index is 0.0908. The number of nitro groups is 1. The molecule has 1 aromatic carbocycles. The van der Waals surface area contributed by atoms with Crippen LogP contribution in [0, 0.1) is 21.4 Å². The summed E-state index contributed by atoms with van der Waals surface area (Å²) in [6.07, 6.45) is -2.00. The van der Waals surface area contributed by atoms with Crippen molar-refractivity contribution in [3.8, 4) is 5.75 Å². The molecule has 3 rings (SSSR count). The molecule has 0 aliphatic heterocycles. The van der Waals surface area contributed by atoms with Crippen LogP contribution in [0.15, 0.2) is 24.3 Å². The maximum absolute atomic E-state index is 14.2. The molecule has 10 heteroatoms. The number of hydrogen-bond acceptors (Lipinski definition) is 6. The van der Waals surface area contributed by atoms with Crippen LogP contribution in [0.5, 0.6) is 5.75 Å². The molecule has 0 spiro atoms. The average Bonchev–Trinajstić information content (AvgIpc) is 2.76. The summed E-state index contributed by atoms with van der Waals surface area (Å²) in [7, 11) is 0. The molecule has 0 bridgehead atoms. The third-order valence-electron chi connectivity index (χ3n) is 6.85. The van der Waals surface area contributed by atoms with Gasteiger partial charge in [0.2, 0.25) is 0 Å². The fourth-order valence-electron chi connectivity index (χ4n) is 4.62. The summed E-state index contributed by atoms with van der Waals surface area (Å²) in [4.78, 5) is 27.3. The number of benzene rings is 1. The van der Waals surface area contributed by atoms with Gasteiger partial charge in [0.15, 0.2) is 0 Å². The standard InChI is InChI=1S/C25H31F3N2O5/c1-6-34-22(31)24(5,30(32)33)20-14-11-17-18(29-20)12-13-19(21(17)25(26,27)28)35-16-9-7-15(8-10-16)23(2,3)4/h11-16H,6-10H2,1-5H3. The Balaban J connectivity index is 1.99. The number of pyridine rings is 1. The molecular weight excluding hydrogens is 465 g/mol. The zero-order chi connectivity index (χ0) is 26.2. The second-order valence-corrected chi connectivity index (χ2v) is 10.2. The smallest absolute Gasteiger partial charge is 0.420 e. The van der Waals surface area contributed by atoms with E-state index in [4.69, 9.17) is 9.47 Å². The summed E-state index contributed by atoms with van der Waals surface area (Å²) in [5.41, 5.74) is -3.64. The van der Waals surface area contributed by atoms with Gasteiger partial charge in [-0.15, -0.1) is 0 Å². The Labute approximate surface area is 202 Å². The molecule has 2 aromatic rings. The first kappa shape index (κ1) is 26.7. The topological polar surface area (TPSA) is 91.6 Å². The van der Waals surface area contributed by atoms with Gasteiger partial charge < -0.3 is 9.47 Å². The Hall–Kier alpha value is -2.91. The van der Waals surface area contributed by atoms with Crippen molar-refractivity contribution in [3.05, 3.63) is 45.6 Å². The lowest BCUT2D eigenvalue weighted by molar-refractivity contribution is -0.560. The van der Waals surface area contributed by atoms with Crippen LogP contribution >= 0.6 is 0 Å². The number of hydrogen-bond donors (Lipinski definition) is 0. The van der Waals surface area contributed by atoms with E-state index in [0.29, 0.717) is 18.8 Å². The van der Waals surface area contributed by atoms with Gasteiger partial charge in [-0.3, -0.25) is 10.1 Å². The molecule has 1 aliphatic rings. The van der Waals surface area contributed by atoms with Crippen molar-refractivity contribution >= 4 is 16.9 Å². The van der Waals surface area contributed by atoms with Gasteiger partial charge >= 0.3 is 17.7 Å². The minimum Gasteiger partial charge on any atom is -0.490 e. The number of halogens is 3. The third kappa shape index (κ3) is 5.36. The van der Waals surface area contributed by atoms with Crippen molar-refractivity contribution < 1.29 is 32.4 Å². The number of esters is 1. The predicted molar refractivity (Wildman–Crippen MR) is 124 cm³/mol. The van der Waals surface area contributed by atoms with Crippen molar-refractivity contribution in [1.29, 1.82) is 0 Å². The van der Waals surface area contributed by atoms with E-state index in [1.807, 2.05) is 0 Å². The molecule has 1 unspecified atom stereocenters. The van der Waals surface area contributed by atoms with E-state index in [1.165, 1.54) is 19.1 Å². The van der Waals surface area contributed by atoms with Gasteiger partial charge in [-0.1, -0.05) is 20.8 Å². The number of ether oxygens (including phenoxy) is 2. The van der Waals surface area contributed by atoms with Crippen LogP contribution in [-0.2, 0) is 21.2 Å². The minimum atomic E-state index is -4.74. The van der Waals surface area contributed by atoms with E-state index in [0.717, 1.165) is 31.9 Å². The van der Waals surface area contributed by atoms with Gasteiger partial charge in [-0.25, -0.2) is 9.78 Å². The SMILES string of the molecule is CCOC(=O)C(C)(c1ccc2c(C(F)(F)F)c(OC3CCC(C(C)(C)C)CC3)ccc2n1)[N+](=O)[O-].